The van der Waals surface area contributed by atoms with Crippen LogP contribution in [-0.2, 0) is 6.42 Å². The van der Waals surface area contributed by atoms with Gasteiger partial charge in [-0.1, -0.05) is 36.7 Å². The molecule has 0 unspecified atom stereocenters. The molecule has 0 aliphatic rings. The number of halogens is 2. The summed E-state index contributed by atoms with van der Waals surface area (Å²) in [5, 5.41) is 3.86. The second kappa shape index (κ2) is 9.53. The molecule has 0 radical (unpaired) electrons. The molecule has 0 bridgehead atoms. The molecule has 3 N–H and O–H groups in total. The lowest BCUT2D eigenvalue weighted by Crippen LogP contribution is -2.33. The number of rotatable bonds is 5. The van der Waals surface area contributed by atoms with Crippen molar-refractivity contribution >= 4 is 41.5 Å². The highest BCUT2D eigenvalue weighted by Crippen LogP contribution is 2.14. The quantitative estimate of drug-likeness (QED) is 0.478. The van der Waals surface area contributed by atoms with Crippen molar-refractivity contribution in [3.63, 3.8) is 0 Å². The van der Waals surface area contributed by atoms with Crippen molar-refractivity contribution in [1.82, 2.24) is 5.32 Å². The van der Waals surface area contributed by atoms with E-state index in [9.17, 15) is 0 Å². The predicted molar refractivity (Wildman–Crippen MR) is 85.4 cm³/mol. The van der Waals surface area contributed by atoms with Crippen LogP contribution in [0.5, 0.6) is 0 Å². The third kappa shape index (κ3) is 6.73. The molecule has 0 saturated heterocycles. The SMILES string of the molecule is CCCN=C(N)NCCc1ccccc1Cl.I. The molecule has 1 aromatic carbocycles. The molecular weight excluding hydrogens is 349 g/mol. The minimum absolute atomic E-state index is 0. The van der Waals surface area contributed by atoms with Gasteiger partial charge in [-0.05, 0) is 24.5 Å². The topological polar surface area (TPSA) is 50.4 Å². The van der Waals surface area contributed by atoms with Gasteiger partial charge in [0.05, 0.1) is 0 Å². The van der Waals surface area contributed by atoms with Crippen molar-refractivity contribution in [3.8, 4) is 0 Å². The van der Waals surface area contributed by atoms with Gasteiger partial charge in [0.2, 0.25) is 0 Å². The molecule has 3 nitrogen and oxygen atoms in total. The highest BCUT2D eigenvalue weighted by molar-refractivity contribution is 14.0. The first kappa shape index (κ1) is 16.5. The summed E-state index contributed by atoms with van der Waals surface area (Å²) < 4.78 is 0. The van der Waals surface area contributed by atoms with Gasteiger partial charge >= 0.3 is 0 Å². The van der Waals surface area contributed by atoms with Crippen molar-refractivity contribution in [2.75, 3.05) is 13.1 Å². The Kier molecular flexibility index (Phi) is 9.26. The zero-order valence-electron chi connectivity index (χ0n) is 9.95. The lowest BCUT2D eigenvalue weighted by Gasteiger charge is -2.06. The van der Waals surface area contributed by atoms with Crippen LogP contribution in [0.1, 0.15) is 18.9 Å². The molecule has 0 fully saturated rings. The highest BCUT2D eigenvalue weighted by Gasteiger charge is 1.98. The van der Waals surface area contributed by atoms with Gasteiger partial charge in [-0.25, -0.2) is 0 Å². The molecule has 17 heavy (non-hydrogen) atoms. The molecule has 96 valence electrons. The van der Waals surface area contributed by atoms with Crippen LogP contribution in [0.2, 0.25) is 5.02 Å². The normalized spacial score (nSPS) is 10.8. The van der Waals surface area contributed by atoms with Crippen molar-refractivity contribution in [2.24, 2.45) is 10.7 Å². The lowest BCUT2D eigenvalue weighted by molar-refractivity contribution is 0.839. The number of nitrogens with zero attached hydrogens (tertiary/aromatic N) is 1. The van der Waals surface area contributed by atoms with Gasteiger partial charge in [-0.15, -0.1) is 24.0 Å². The fourth-order valence-corrected chi connectivity index (χ4v) is 1.54. The Morgan fingerprint density at radius 1 is 1.41 bits per heavy atom. The Hall–Kier alpha value is -0.490. The monoisotopic (exact) mass is 367 g/mol. The minimum atomic E-state index is 0. The van der Waals surface area contributed by atoms with E-state index >= 15 is 0 Å². The Balaban J connectivity index is 0.00000256. The first-order valence-corrected chi connectivity index (χ1v) is 5.89. The maximum absolute atomic E-state index is 6.03. The number of guanidine groups is 1. The summed E-state index contributed by atoms with van der Waals surface area (Å²) in [6.45, 7) is 3.59. The van der Waals surface area contributed by atoms with Crippen LogP contribution in [-0.4, -0.2) is 19.0 Å². The Morgan fingerprint density at radius 3 is 2.76 bits per heavy atom. The van der Waals surface area contributed by atoms with E-state index in [0.717, 1.165) is 36.5 Å². The molecule has 0 spiro atoms. The number of nitrogens with two attached hydrogens (primary N) is 1. The van der Waals surface area contributed by atoms with Crippen molar-refractivity contribution in [2.45, 2.75) is 19.8 Å². The molecule has 0 aliphatic heterocycles. The number of benzene rings is 1. The van der Waals surface area contributed by atoms with Gasteiger partial charge in [-0.2, -0.15) is 0 Å². The summed E-state index contributed by atoms with van der Waals surface area (Å²) in [7, 11) is 0. The second-order valence-corrected chi connectivity index (χ2v) is 3.94. The van der Waals surface area contributed by atoms with Crippen LogP contribution in [0, 0.1) is 0 Å². The van der Waals surface area contributed by atoms with Gasteiger partial charge < -0.3 is 11.1 Å². The van der Waals surface area contributed by atoms with Crippen LogP contribution in [0.4, 0.5) is 0 Å². The molecule has 0 atom stereocenters. The third-order valence-corrected chi connectivity index (χ3v) is 2.53. The largest absolute Gasteiger partial charge is 0.370 e. The molecule has 1 rings (SSSR count). The first-order chi connectivity index (χ1) is 7.74. The van der Waals surface area contributed by atoms with Gasteiger partial charge in [-0.3, -0.25) is 4.99 Å². The average Bonchev–Trinajstić information content (AvgIpc) is 2.29. The number of hydrogen-bond acceptors (Lipinski definition) is 1. The molecule has 1 aromatic rings. The zero-order chi connectivity index (χ0) is 11.8. The van der Waals surface area contributed by atoms with Gasteiger partial charge in [0.25, 0.3) is 0 Å². The molecule has 0 aliphatic carbocycles. The fourth-order valence-electron chi connectivity index (χ4n) is 1.31. The van der Waals surface area contributed by atoms with E-state index in [1.165, 1.54) is 0 Å². The van der Waals surface area contributed by atoms with E-state index in [1.807, 2.05) is 24.3 Å². The standard InChI is InChI=1S/C12H18ClN3.HI/c1-2-8-15-12(14)16-9-7-10-5-3-4-6-11(10)13;/h3-6H,2,7-9H2,1H3,(H3,14,15,16);1H. The van der Waals surface area contributed by atoms with E-state index < -0.39 is 0 Å². The van der Waals surface area contributed by atoms with Crippen LogP contribution in [0.15, 0.2) is 29.3 Å². The van der Waals surface area contributed by atoms with Crippen LogP contribution in [0.3, 0.4) is 0 Å². The van der Waals surface area contributed by atoms with Crippen LogP contribution >= 0.6 is 35.6 Å². The summed E-state index contributed by atoms with van der Waals surface area (Å²) >= 11 is 6.03. The number of nitrogens with one attached hydrogen (secondary N) is 1. The molecular formula is C12H19ClIN3. The lowest BCUT2D eigenvalue weighted by atomic mass is 10.1. The van der Waals surface area contributed by atoms with E-state index in [1.54, 1.807) is 0 Å². The minimum Gasteiger partial charge on any atom is -0.370 e. The fraction of sp³-hybridized carbons (Fsp3) is 0.417. The molecule has 0 amide bonds. The third-order valence-electron chi connectivity index (χ3n) is 2.16. The Bertz CT molecular complexity index is 355. The summed E-state index contributed by atoms with van der Waals surface area (Å²) in [6.07, 6.45) is 1.86. The smallest absolute Gasteiger partial charge is 0.188 e. The Labute approximate surface area is 125 Å². The van der Waals surface area contributed by atoms with Crippen molar-refractivity contribution < 1.29 is 0 Å². The summed E-state index contributed by atoms with van der Waals surface area (Å²) in [5.41, 5.74) is 6.79. The van der Waals surface area contributed by atoms with Crippen LogP contribution < -0.4 is 11.1 Å². The van der Waals surface area contributed by atoms with Crippen molar-refractivity contribution in [3.05, 3.63) is 34.9 Å². The molecule has 5 heteroatoms. The molecule has 0 heterocycles. The van der Waals surface area contributed by atoms with E-state index in [2.05, 4.69) is 17.2 Å². The van der Waals surface area contributed by atoms with E-state index in [0.29, 0.717) is 5.96 Å². The zero-order valence-corrected chi connectivity index (χ0v) is 13.0. The van der Waals surface area contributed by atoms with Gasteiger partial charge in [0.1, 0.15) is 0 Å². The molecule has 0 aromatic heterocycles. The van der Waals surface area contributed by atoms with Crippen LogP contribution in [0.25, 0.3) is 0 Å². The Morgan fingerprint density at radius 2 is 2.12 bits per heavy atom. The maximum Gasteiger partial charge on any atom is 0.188 e. The van der Waals surface area contributed by atoms with Crippen molar-refractivity contribution in [1.29, 1.82) is 0 Å². The maximum atomic E-state index is 6.03. The van der Waals surface area contributed by atoms with Gasteiger partial charge in [0.15, 0.2) is 5.96 Å². The summed E-state index contributed by atoms with van der Waals surface area (Å²) in [4.78, 5) is 4.15. The van der Waals surface area contributed by atoms with E-state index in [4.69, 9.17) is 17.3 Å². The summed E-state index contributed by atoms with van der Waals surface area (Å²) in [5.74, 6) is 0.508. The molecule has 0 saturated carbocycles. The van der Waals surface area contributed by atoms with E-state index in [-0.39, 0.29) is 24.0 Å². The number of aliphatic imine (C=N–C) groups is 1. The average molecular weight is 368 g/mol. The second-order valence-electron chi connectivity index (χ2n) is 3.54. The predicted octanol–water partition coefficient (Wildman–Crippen LogP) is 2.81. The summed E-state index contributed by atoms with van der Waals surface area (Å²) in [6, 6.07) is 7.82. The number of hydrogen-bond donors (Lipinski definition) is 2. The van der Waals surface area contributed by atoms with Gasteiger partial charge in [0, 0.05) is 18.1 Å². The highest BCUT2D eigenvalue weighted by atomic mass is 127. The first-order valence-electron chi connectivity index (χ1n) is 5.51.